The van der Waals surface area contributed by atoms with E-state index in [2.05, 4.69) is 15.6 Å². The average Bonchev–Trinajstić information content (AvgIpc) is 2.58. The van der Waals surface area contributed by atoms with E-state index in [0.29, 0.717) is 45.1 Å². The highest BCUT2D eigenvalue weighted by atomic mass is 127. The third kappa shape index (κ3) is 6.34. The summed E-state index contributed by atoms with van der Waals surface area (Å²) in [5.74, 6) is 0.258. The third-order valence-electron chi connectivity index (χ3n) is 4.45. The lowest BCUT2D eigenvalue weighted by molar-refractivity contribution is 0.0756. The number of halogens is 2. The fraction of sp³-hybridized carbons (Fsp3) is 0.588. The largest absolute Gasteiger partial charge is 0.381 e. The van der Waals surface area contributed by atoms with Gasteiger partial charge in [0.1, 0.15) is 5.82 Å². The highest BCUT2D eigenvalue weighted by molar-refractivity contribution is 14.0. The minimum absolute atomic E-state index is 0. The highest BCUT2D eigenvalue weighted by Gasteiger charge is 2.42. The Labute approximate surface area is 171 Å². The van der Waals surface area contributed by atoms with Crippen molar-refractivity contribution in [3.63, 3.8) is 0 Å². The lowest BCUT2D eigenvalue weighted by Crippen LogP contribution is -2.53. The summed E-state index contributed by atoms with van der Waals surface area (Å²) in [6.45, 7) is 4.14. The van der Waals surface area contributed by atoms with Gasteiger partial charge in [0.15, 0.2) is 15.8 Å². The van der Waals surface area contributed by atoms with Crippen molar-refractivity contribution in [3.05, 3.63) is 35.6 Å². The summed E-state index contributed by atoms with van der Waals surface area (Å²) < 4.78 is 42.0. The van der Waals surface area contributed by atoms with Crippen molar-refractivity contribution >= 4 is 39.8 Å². The summed E-state index contributed by atoms with van der Waals surface area (Å²) in [4.78, 5) is 4.46. The van der Waals surface area contributed by atoms with E-state index in [0.717, 1.165) is 5.56 Å². The third-order valence-corrected chi connectivity index (χ3v) is 6.57. The van der Waals surface area contributed by atoms with Gasteiger partial charge in [-0.25, -0.2) is 17.8 Å². The molecule has 6 nitrogen and oxygen atoms in total. The molecular formula is C17H27FIN3O3S. The highest BCUT2D eigenvalue weighted by Crippen LogP contribution is 2.28. The number of nitrogens with one attached hydrogen (secondary N) is 2. The van der Waals surface area contributed by atoms with Gasteiger partial charge in [-0.15, -0.1) is 24.0 Å². The molecule has 1 heterocycles. The molecule has 2 N–H and O–H groups in total. The maximum atomic E-state index is 13.0. The van der Waals surface area contributed by atoms with Crippen LogP contribution in [0.2, 0.25) is 0 Å². The maximum Gasteiger partial charge on any atom is 0.191 e. The van der Waals surface area contributed by atoms with Crippen LogP contribution in [0.15, 0.2) is 29.3 Å². The molecule has 0 spiro atoms. The molecule has 0 amide bonds. The van der Waals surface area contributed by atoms with E-state index in [-0.39, 0.29) is 36.3 Å². The zero-order valence-electron chi connectivity index (χ0n) is 15.1. The van der Waals surface area contributed by atoms with Crippen LogP contribution in [0, 0.1) is 5.82 Å². The van der Waals surface area contributed by atoms with Crippen LogP contribution in [-0.2, 0) is 21.1 Å². The van der Waals surface area contributed by atoms with Crippen LogP contribution in [0.5, 0.6) is 0 Å². The molecule has 148 valence electrons. The Morgan fingerprint density at radius 3 is 2.38 bits per heavy atom. The number of guanidine groups is 1. The number of nitrogens with zero attached hydrogens (tertiary/aromatic N) is 1. The summed E-state index contributed by atoms with van der Waals surface area (Å²) in [6.07, 6.45) is 2.22. The first kappa shape index (κ1) is 23.1. The molecular weight excluding hydrogens is 472 g/mol. The van der Waals surface area contributed by atoms with Crippen LogP contribution in [0.3, 0.4) is 0 Å². The number of aliphatic imine (C=N–C) groups is 1. The second kappa shape index (κ2) is 10.4. The van der Waals surface area contributed by atoms with E-state index in [1.807, 2.05) is 6.92 Å². The number of benzene rings is 1. The molecule has 1 saturated heterocycles. The van der Waals surface area contributed by atoms with Crippen LogP contribution in [0.4, 0.5) is 4.39 Å². The van der Waals surface area contributed by atoms with Crippen molar-refractivity contribution in [2.45, 2.75) is 31.1 Å². The van der Waals surface area contributed by atoms with Gasteiger partial charge in [-0.2, -0.15) is 0 Å². The Morgan fingerprint density at radius 2 is 1.85 bits per heavy atom. The molecule has 26 heavy (non-hydrogen) atoms. The summed E-state index contributed by atoms with van der Waals surface area (Å²) in [5.41, 5.74) is 0.877. The van der Waals surface area contributed by atoms with Gasteiger partial charge < -0.3 is 15.4 Å². The molecule has 1 aliphatic heterocycles. The summed E-state index contributed by atoms with van der Waals surface area (Å²) in [6, 6.07) is 6.15. The van der Waals surface area contributed by atoms with E-state index in [1.54, 1.807) is 12.1 Å². The monoisotopic (exact) mass is 499 g/mol. The summed E-state index contributed by atoms with van der Waals surface area (Å²) >= 11 is 0. The second-order valence-corrected chi connectivity index (χ2v) is 8.65. The molecule has 1 aromatic carbocycles. The first-order chi connectivity index (χ1) is 11.9. The van der Waals surface area contributed by atoms with E-state index in [4.69, 9.17) is 4.74 Å². The van der Waals surface area contributed by atoms with Crippen LogP contribution < -0.4 is 10.6 Å². The molecule has 0 aromatic heterocycles. The number of ether oxygens (including phenoxy) is 1. The Kier molecular flexibility index (Phi) is 9.25. The topological polar surface area (TPSA) is 79.8 Å². The van der Waals surface area contributed by atoms with Crippen molar-refractivity contribution in [3.8, 4) is 0 Å². The van der Waals surface area contributed by atoms with Gasteiger partial charge in [0.05, 0.1) is 11.3 Å². The molecule has 0 radical (unpaired) electrons. The molecule has 0 saturated carbocycles. The van der Waals surface area contributed by atoms with Gasteiger partial charge in [0.2, 0.25) is 0 Å². The number of hydrogen-bond donors (Lipinski definition) is 2. The number of hydrogen-bond acceptors (Lipinski definition) is 4. The van der Waals surface area contributed by atoms with Gasteiger partial charge in [-0.3, -0.25) is 0 Å². The van der Waals surface area contributed by atoms with Gasteiger partial charge in [-0.1, -0.05) is 12.1 Å². The number of sulfone groups is 1. The van der Waals surface area contributed by atoms with Crippen LogP contribution in [0.1, 0.15) is 25.3 Å². The van der Waals surface area contributed by atoms with Crippen LogP contribution >= 0.6 is 24.0 Å². The van der Waals surface area contributed by atoms with E-state index >= 15 is 0 Å². The minimum atomic E-state index is -3.24. The minimum Gasteiger partial charge on any atom is -0.381 e. The predicted octanol–water partition coefficient (Wildman–Crippen LogP) is 2.09. The molecule has 0 atom stereocenters. The maximum absolute atomic E-state index is 13.0. The zero-order valence-corrected chi connectivity index (χ0v) is 18.3. The van der Waals surface area contributed by atoms with Crippen molar-refractivity contribution in [2.75, 3.05) is 32.6 Å². The van der Waals surface area contributed by atoms with E-state index in [9.17, 15) is 12.8 Å². The van der Waals surface area contributed by atoms with Crippen LogP contribution in [0.25, 0.3) is 0 Å². The molecule has 0 aliphatic carbocycles. The van der Waals surface area contributed by atoms with E-state index in [1.165, 1.54) is 18.4 Å². The standard InChI is InChI=1S/C17H26FN3O3S.HI/c1-3-19-16(20-12-14-4-6-15(18)7-5-14)21-13-17(25(2,22)23)8-10-24-11-9-17;/h4-7H,3,8-13H2,1-2H3,(H2,19,20,21);1H. The smallest absolute Gasteiger partial charge is 0.191 e. The lowest BCUT2D eigenvalue weighted by Gasteiger charge is -2.35. The fourth-order valence-corrected chi connectivity index (χ4v) is 4.01. The Bertz CT molecular complexity index is 690. The molecule has 1 aliphatic rings. The van der Waals surface area contributed by atoms with Crippen LogP contribution in [-0.4, -0.2) is 51.7 Å². The van der Waals surface area contributed by atoms with Crippen molar-refractivity contribution in [1.29, 1.82) is 0 Å². The van der Waals surface area contributed by atoms with Crippen molar-refractivity contribution in [2.24, 2.45) is 4.99 Å². The molecule has 0 unspecified atom stereocenters. The van der Waals surface area contributed by atoms with Gasteiger partial charge in [0, 0.05) is 32.6 Å². The van der Waals surface area contributed by atoms with E-state index < -0.39 is 14.6 Å². The molecule has 2 rings (SSSR count). The second-order valence-electron chi connectivity index (χ2n) is 6.24. The zero-order chi connectivity index (χ0) is 18.3. The molecule has 1 aromatic rings. The van der Waals surface area contributed by atoms with Gasteiger partial charge in [0.25, 0.3) is 0 Å². The van der Waals surface area contributed by atoms with Crippen molar-refractivity contribution < 1.29 is 17.5 Å². The Hall–Kier alpha value is -0.940. The summed E-state index contributed by atoms with van der Waals surface area (Å²) in [5, 5.41) is 6.26. The Morgan fingerprint density at radius 1 is 1.23 bits per heavy atom. The molecule has 9 heteroatoms. The first-order valence-electron chi connectivity index (χ1n) is 8.40. The predicted molar refractivity (Wildman–Crippen MR) is 112 cm³/mol. The van der Waals surface area contributed by atoms with Crippen molar-refractivity contribution in [1.82, 2.24) is 10.6 Å². The Balaban J connectivity index is 0.00000338. The SMILES string of the molecule is CCNC(=NCc1ccc(F)cc1)NCC1(S(C)(=O)=O)CCOCC1.I. The first-order valence-corrected chi connectivity index (χ1v) is 10.3. The van der Waals surface area contributed by atoms with Gasteiger partial charge in [-0.05, 0) is 37.5 Å². The number of rotatable bonds is 6. The summed E-state index contributed by atoms with van der Waals surface area (Å²) in [7, 11) is -3.24. The quantitative estimate of drug-likeness (QED) is 0.356. The lowest BCUT2D eigenvalue weighted by atomic mass is 9.99. The normalized spacial score (nSPS) is 17.3. The fourth-order valence-electron chi connectivity index (χ4n) is 2.77. The molecule has 1 fully saturated rings. The molecule has 0 bridgehead atoms. The average molecular weight is 499 g/mol. The van der Waals surface area contributed by atoms with Gasteiger partial charge >= 0.3 is 0 Å².